The Kier molecular flexibility index (Phi) is 8.57. The van der Waals surface area contributed by atoms with Crippen molar-refractivity contribution in [2.75, 3.05) is 13.2 Å². The molecule has 16 heavy (non-hydrogen) atoms. The molecule has 0 saturated heterocycles. The number of hydrogen-bond acceptors (Lipinski definition) is 4. The van der Waals surface area contributed by atoms with E-state index >= 15 is 0 Å². The molecular weight excluding hydrogens is 209 g/mol. The molecule has 0 aromatic heterocycles. The molecule has 0 fully saturated rings. The maximum atomic E-state index is 11.3. The molecule has 1 amide bonds. The molecule has 7 heteroatoms. The fourth-order valence-corrected chi connectivity index (χ4v) is 0.831. The summed E-state index contributed by atoms with van der Waals surface area (Å²) in [6, 6.07) is 0. The van der Waals surface area contributed by atoms with Crippen LogP contribution < -0.4 is 5.32 Å². The van der Waals surface area contributed by atoms with Gasteiger partial charge in [0.1, 0.15) is 6.10 Å². The van der Waals surface area contributed by atoms with Gasteiger partial charge in [0.2, 0.25) is 5.91 Å². The Morgan fingerprint density at radius 1 is 1.38 bits per heavy atom. The molecule has 0 aliphatic heterocycles. The summed E-state index contributed by atoms with van der Waals surface area (Å²) in [4.78, 5) is 21.4. The van der Waals surface area contributed by atoms with Gasteiger partial charge in [-0.15, -0.1) is 0 Å². The van der Waals surface area contributed by atoms with Crippen molar-refractivity contribution in [1.29, 1.82) is 0 Å². The van der Waals surface area contributed by atoms with Crippen LogP contribution in [0.25, 0.3) is 0 Å². The molecule has 0 aromatic carbocycles. The maximum absolute atomic E-state index is 11.3. The third kappa shape index (κ3) is 6.13. The SMILES string of the molecule is CC(C)(CO)[C@@H](O)C(=O)NCCC(=O)O.[LiH]. The predicted octanol–water partition coefficient (Wildman–Crippen LogP) is -1.69. The number of aliphatic hydroxyl groups is 2. The quantitative estimate of drug-likeness (QED) is 0.405. The third-order valence-corrected chi connectivity index (χ3v) is 2.03. The second-order valence-electron chi connectivity index (χ2n) is 3.98. The molecule has 0 aliphatic carbocycles. The molecule has 0 unspecified atom stereocenters. The summed E-state index contributed by atoms with van der Waals surface area (Å²) in [5, 5.41) is 29.0. The minimum absolute atomic E-state index is 0. The van der Waals surface area contributed by atoms with Crippen LogP contribution in [-0.2, 0) is 9.59 Å². The normalized spacial score (nSPS) is 12.5. The van der Waals surface area contributed by atoms with Crippen molar-refractivity contribution in [3.05, 3.63) is 0 Å². The van der Waals surface area contributed by atoms with E-state index in [9.17, 15) is 14.7 Å². The molecule has 0 aliphatic rings. The Labute approximate surface area is 106 Å². The van der Waals surface area contributed by atoms with Crippen LogP contribution in [0.5, 0.6) is 0 Å². The first-order valence-corrected chi connectivity index (χ1v) is 4.59. The van der Waals surface area contributed by atoms with Gasteiger partial charge in [0, 0.05) is 12.0 Å². The Bertz CT molecular complexity index is 244. The summed E-state index contributed by atoms with van der Waals surface area (Å²) in [5.74, 6) is -1.69. The van der Waals surface area contributed by atoms with Crippen LogP contribution in [0.1, 0.15) is 20.3 Å². The number of carboxylic acids is 1. The summed E-state index contributed by atoms with van der Waals surface area (Å²) < 4.78 is 0. The van der Waals surface area contributed by atoms with Crippen LogP contribution in [0.15, 0.2) is 0 Å². The number of amides is 1. The molecular formula is C9H18LiNO5. The number of carbonyl (C=O) groups is 2. The van der Waals surface area contributed by atoms with Gasteiger partial charge in [-0.2, -0.15) is 0 Å². The van der Waals surface area contributed by atoms with Gasteiger partial charge in [0.15, 0.2) is 0 Å². The number of aliphatic carboxylic acids is 1. The second-order valence-corrected chi connectivity index (χ2v) is 3.98. The van der Waals surface area contributed by atoms with Crippen LogP contribution in [0.4, 0.5) is 0 Å². The second kappa shape index (κ2) is 7.69. The molecule has 0 bridgehead atoms. The molecule has 0 heterocycles. The first-order chi connectivity index (χ1) is 6.81. The number of hydrogen-bond donors (Lipinski definition) is 4. The Hall–Kier alpha value is -0.543. The van der Waals surface area contributed by atoms with Gasteiger partial charge in [-0.1, -0.05) is 13.8 Å². The molecule has 90 valence electrons. The van der Waals surface area contributed by atoms with Crippen molar-refractivity contribution >= 4 is 30.7 Å². The van der Waals surface area contributed by atoms with Crippen LogP contribution in [0.3, 0.4) is 0 Å². The van der Waals surface area contributed by atoms with Gasteiger partial charge in [-0.05, 0) is 0 Å². The van der Waals surface area contributed by atoms with Gasteiger partial charge in [-0.3, -0.25) is 9.59 Å². The fraction of sp³-hybridized carbons (Fsp3) is 0.778. The van der Waals surface area contributed by atoms with Crippen LogP contribution in [0.2, 0.25) is 0 Å². The van der Waals surface area contributed by atoms with Crippen LogP contribution in [-0.4, -0.2) is 65.3 Å². The van der Waals surface area contributed by atoms with Crippen molar-refractivity contribution in [2.45, 2.75) is 26.4 Å². The van der Waals surface area contributed by atoms with Crippen molar-refractivity contribution in [3.63, 3.8) is 0 Å². The van der Waals surface area contributed by atoms with E-state index < -0.39 is 23.4 Å². The standard InChI is InChI=1S/C9H17NO5.Li.H/c1-9(2,5-11)7(14)8(15)10-4-3-6(12)13;;/h7,11,14H,3-5H2,1-2H3,(H,10,15)(H,12,13);;/t7-;;/m0../s1. The number of carbonyl (C=O) groups excluding carboxylic acids is 1. The van der Waals surface area contributed by atoms with Crippen molar-refractivity contribution in [2.24, 2.45) is 5.41 Å². The van der Waals surface area contributed by atoms with Crippen molar-refractivity contribution < 1.29 is 24.9 Å². The zero-order chi connectivity index (χ0) is 12.1. The molecule has 0 radical (unpaired) electrons. The van der Waals surface area contributed by atoms with Crippen molar-refractivity contribution in [3.8, 4) is 0 Å². The first-order valence-electron chi connectivity index (χ1n) is 4.59. The average molecular weight is 227 g/mol. The Morgan fingerprint density at radius 2 is 1.88 bits per heavy atom. The Morgan fingerprint density at radius 3 is 2.25 bits per heavy atom. The van der Waals surface area contributed by atoms with E-state index in [0.717, 1.165) is 0 Å². The molecule has 0 saturated carbocycles. The summed E-state index contributed by atoms with van der Waals surface area (Å²) in [6.45, 7) is 2.70. The van der Waals surface area contributed by atoms with Gasteiger partial charge in [0.05, 0.1) is 13.0 Å². The topological polar surface area (TPSA) is 107 Å². The van der Waals surface area contributed by atoms with Gasteiger partial charge in [0.25, 0.3) is 0 Å². The third-order valence-electron chi connectivity index (χ3n) is 2.03. The van der Waals surface area contributed by atoms with Gasteiger partial charge < -0.3 is 20.6 Å². The summed E-state index contributed by atoms with van der Waals surface area (Å²) in [6.07, 6.45) is -1.55. The predicted molar refractivity (Wildman–Crippen MR) is 59.3 cm³/mol. The zero-order valence-corrected chi connectivity index (χ0v) is 8.86. The van der Waals surface area contributed by atoms with E-state index in [-0.39, 0.29) is 38.4 Å². The van der Waals surface area contributed by atoms with Gasteiger partial charge in [-0.25, -0.2) is 0 Å². The van der Waals surface area contributed by atoms with E-state index in [1.165, 1.54) is 13.8 Å². The molecule has 0 aromatic rings. The van der Waals surface area contributed by atoms with Gasteiger partial charge >= 0.3 is 24.8 Å². The molecule has 0 spiro atoms. The molecule has 6 nitrogen and oxygen atoms in total. The number of rotatable bonds is 6. The molecule has 0 rings (SSSR count). The monoisotopic (exact) mass is 227 g/mol. The van der Waals surface area contributed by atoms with Crippen molar-refractivity contribution in [1.82, 2.24) is 5.32 Å². The molecule has 1 atom stereocenters. The van der Waals surface area contributed by atoms with Crippen LogP contribution >= 0.6 is 0 Å². The van der Waals surface area contributed by atoms with E-state index in [1.54, 1.807) is 0 Å². The van der Waals surface area contributed by atoms with E-state index in [4.69, 9.17) is 10.2 Å². The van der Waals surface area contributed by atoms with E-state index in [0.29, 0.717) is 0 Å². The summed E-state index contributed by atoms with van der Waals surface area (Å²) in [7, 11) is 0. The number of aliphatic hydroxyl groups excluding tert-OH is 2. The average Bonchev–Trinajstić information content (AvgIpc) is 2.15. The number of nitrogens with one attached hydrogen (secondary N) is 1. The van der Waals surface area contributed by atoms with Crippen LogP contribution in [0, 0.1) is 5.41 Å². The van der Waals surface area contributed by atoms with E-state index in [2.05, 4.69) is 5.32 Å². The zero-order valence-electron chi connectivity index (χ0n) is 8.86. The Balaban J connectivity index is 0. The number of carboxylic acid groups (broad SMARTS) is 1. The molecule has 4 N–H and O–H groups in total. The summed E-state index contributed by atoms with van der Waals surface area (Å²) in [5.41, 5.74) is -0.937. The van der Waals surface area contributed by atoms with E-state index in [1.807, 2.05) is 0 Å². The fourth-order valence-electron chi connectivity index (χ4n) is 0.831. The first kappa shape index (κ1) is 17.8. The summed E-state index contributed by atoms with van der Waals surface area (Å²) >= 11 is 0. The minimum atomic E-state index is -1.35.